The Balaban J connectivity index is 1.86. The van der Waals surface area contributed by atoms with Gasteiger partial charge >= 0.3 is 0 Å². The summed E-state index contributed by atoms with van der Waals surface area (Å²) in [6, 6.07) is 23.1. The van der Waals surface area contributed by atoms with E-state index in [0.717, 1.165) is 17.1 Å². The maximum Gasteiger partial charge on any atom is 0.189 e. The summed E-state index contributed by atoms with van der Waals surface area (Å²) in [5, 5.41) is 6.59. The highest BCUT2D eigenvalue weighted by atomic mass is 16.5. The molecule has 0 aliphatic rings. The number of nitrogens with one attached hydrogen (secondary N) is 2. The number of benzene rings is 3. The number of hydrogen-bond donors (Lipinski definition) is 2. The third-order valence-corrected chi connectivity index (χ3v) is 4.31. The van der Waals surface area contributed by atoms with Crippen LogP contribution in [-0.4, -0.2) is 12.9 Å². The van der Waals surface area contributed by atoms with Crippen molar-refractivity contribution in [3.8, 4) is 5.75 Å². The van der Waals surface area contributed by atoms with Gasteiger partial charge in [0.1, 0.15) is 11.6 Å². The van der Waals surface area contributed by atoms with Gasteiger partial charge in [0.2, 0.25) is 0 Å². The summed E-state index contributed by atoms with van der Waals surface area (Å²) in [5.41, 5.74) is 4.75. The van der Waals surface area contributed by atoms with Crippen molar-refractivity contribution < 1.29 is 9.53 Å². The van der Waals surface area contributed by atoms with Gasteiger partial charge in [-0.3, -0.25) is 4.79 Å². The quantitative estimate of drug-likeness (QED) is 0.421. The number of aryl methyl sites for hydroxylation is 2. The van der Waals surface area contributed by atoms with E-state index in [1.807, 2.05) is 62.4 Å². The van der Waals surface area contributed by atoms with Crippen molar-refractivity contribution in [3.63, 3.8) is 0 Å². The van der Waals surface area contributed by atoms with Gasteiger partial charge in [-0.05, 0) is 62.4 Å². The highest BCUT2D eigenvalue weighted by Gasteiger charge is 2.07. The number of hydrogen-bond acceptors (Lipinski definition) is 4. The molecule has 0 saturated heterocycles. The highest BCUT2D eigenvalue weighted by molar-refractivity contribution is 6.05. The van der Waals surface area contributed by atoms with E-state index in [4.69, 9.17) is 4.74 Å². The van der Waals surface area contributed by atoms with E-state index < -0.39 is 0 Å². The van der Waals surface area contributed by atoms with E-state index in [-0.39, 0.29) is 5.78 Å². The molecule has 0 aromatic heterocycles. The van der Waals surface area contributed by atoms with E-state index in [2.05, 4.69) is 10.6 Å². The predicted octanol–water partition coefficient (Wildman–Crippen LogP) is 5.56. The Hall–Kier alpha value is -3.53. The Morgan fingerprint density at radius 3 is 1.64 bits per heavy atom. The normalized spacial score (nSPS) is 10.1. The summed E-state index contributed by atoms with van der Waals surface area (Å²) in [6.07, 6.45) is 1.57. The largest absolute Gasteiger partial charge is 0.497 e. The molecule has 3 aromatic rings. The van der Waals surface area contributed by atoms with Crippen LogP contribution in [0.1, 0.15) is 21.5 Å². The molecule has 3 rings (SSSR count). The summed E-state index contributed by atoms with van der Waals surface area (Å²) in [7, 11) is 1.60. The van der Waals surface area contributed by atoms with Crippen molar-refractivity contribution in [3.05, 3.63) is 101 Å². The summed E-state index contributed by atoms with van der Waals surface area (Å²) < 4.78 is 5.16. The van der Waals surface area contributed by atoms with Crippen LogP contribution in [0.5, 0.6) is 5.75 Å². The minimum absolute atomic E-state index is 0.100. The van der Waals surface area contributed by atoms with Gasteiger partial charge < -0.3 is 15.4 Å². The zero-order chi connectivity index (χ0) is 19.9. The van der Waals surface area contributed by atoms with Crippen LogP contribution in [0, 0.1) is 13.8 Å². The molecule has 4 heteroatoms. The molecule has 142 valence electrons. The van der Waals surface area contributed by atoms with E-state index in [9.17, 15) is 4.79 Å². The summed E-state index contributed by atoms with van der Waals surface area (Å²) in [6.45, 7) is 4.08. The van der Waals surface area contributed by atoms with Crippen molar-refractivity contribution in [2.45, 2.75) is 13.8 Å². The molecule has 0 saturated carbocycles. The minimum Gasteiger partial charge on any atom is -0.497 e. The highest BCUT2D eigenvalue weighted by Crippen LogP contribution is 2.17. The Morgan fingerprint density at radius 1 is 0.750 bits per heavy atom. The van der Waals surface area contributed by atoms with Gasteiger partial charge in [0.25, 0.3) is 0 Å². The van der Waals surface area contributed by atoms with Crippen molar-refractivity contribution in [1.82, 2.24) is 0 Å². The lowest BCUT2D eigenvalue weighted by molar-refractivity contribution is 0.104. The second-order valence-electron chi connectivity index (χ2n) is 6.63. The first-order chi connectivity index (χ1) is 13.5. The monoisotopic (exact) mass is 372 g/mol. The molecule has 2 N–H and O–H groups in total. The summed E-state index contributed by atoms with van der Waals surface area (Å²) in [5.74, 6) is 1.22. The number of rotatable bonds is 7. The van der Waals surface area contributed by atoms with Crippen molar-refractivity contribution >= 4 is 17.2 Å². The van der Waals surface area contributed by atoms with Gasteiger partial charge in [0, 0.05) is 23.0 Å². The van der Waals surface area contributed by atoms with Crippen molar-refractivity contribution in [2.24, 2.45) is 0 Å². The molecular weight excluding hydrogens is 348 g/mol. The maximum atomic E-state index is 12.7. The molecule has 0 radical (unpaired) electrons. The molecule has 0 atom stereocenters. The van der Waals surface area contributed by atoms with Crippen LogP contribution in [0.2, 0.25) is 0 Å². The fourth-order valence-electron chi connectivity index (χ4n) is 2.66. The molecular formula is C24H24N2O2. The number of ketones is 1. The lowest BCUT2D eigenvalue weighted by Gasteiger charge is -2.14. The van der Waals surface area contributed by atoms with Crippen LogP contribution in [0.25, 0.3) is 0 Å². The molecule has 4 nitrogen and oxygen atoms in total. The zero-order valence-corrected chi connectivity index (χ0v) is 16.3. The van der Waals surface area contributed by atoms with Crippen LogP contribution in [-0.2, 0) is 0 Å². The zero-order valence-electron chi connectivity index (χ0n) is 16.3. The van der Waals surface area contributed by atoms with E-state index in [1.54, 1.807) is 37.5 Å². The predicted molar refractivity (Wildman–Crippen MR) is 115 cm³/mol. The molecule has 0 heterocycles. The van der Waals surface area contributed by atoms with Crippen LogP contribution >= 0.6 is 0 Å². The third-order valence-electron chi connectivity index (χ3n) is 4.31. The molecule has 0 unspecified atom stereocenters. The second kappa shape index (κ2) is 8.91. The number of methoxy groups -OCH3 is 1. The number of allylic oxidation sites excluding steroid dienone is 1. The standard InChI is InChI=1S/C24H24N2O2/c1-17-4-10-20(11-5-17)25-24(26-21-12-6-18(2)7-13-21)16-23(27)19-8-14-22(28-3)15-9-19/h4-16,25-26H,1-3H3. The fraction of sp³-hybridized carbons (Fsp3) is 0.125. The van der Waals surface area contributed by atoms with Gasteiger partial charge in [0.05, 0.1) is 7.11 Å². The lowest BCUT2D eigenvalue weighted by atomic mass is 10.1. The minimum atomic E-state index is -0.100. The fourth-order valence-corrected chi connectivity index (χ4v) is 2.66. The van der Waals surface area contributed by atoms with Crippen LogP contribution < -0.4 is 15.4 Å². The van der Waals surface area contributed by atoms with Crippen LogP contribution in [0.15, 0.2) is 84.7 Å². The Kier molecular flexibility index (Phi) is 6.12. The average molecular weight is 372 g/mol. The second-order valence-corrected chi connectivity index (χ2v) is 6.63. The first-order valence-electron chi connectivity index (χ1n) is 9.11. The third kappa shape index (κ3) is 5.24. The van der Waals surface area contributed by atoms with Crippen LogP contribution in [0.4, 0.5) is 11.4 Å². The first-order valence-corrected chi connectivity index (χ1v) is 9.11. The Morgan fingerprint density at radius 2 is 1.21 bits per heavy atom. The van der Waals surface area contributed by atoms with E-state index in [1.165, 1.54) is 11.1 Å². The van der Waals surface area contributed by atoms with Crippen LogP contribution in [0.3, 0.4) is 0 Å². The van der Waals surface area contributed by atoms with Gasteiger partial charge in [-0.25, -0.2) is 0 Å². The molecule has 28 heavy (non-hydrogen) atoms. The molecule has 0 spiro atoms. The number of anilines is 2. The van der Waals surface area contributed by atoms with Gasteiger partial charge in [0.15, 0.2) is 5.78 Å². The molecule has 0 bridgehead atoms. The molecule has 0 aliphatic carbocycles. The molecule has 0 amide bonds. The van der Waals surface area contributed by atoms with Gasteiger partial charge in [-0.2, -0.15) is 0 Å². The number of ether oxygens (including phenoxy) is 1. The maximum absolute atomic E-state index is 12.7. The molecule has 3 aromatic carbocycles. The topological polar surface area (TPSA) is 50.4 Å². The van der Waals surface area contributed by atoms with Gasteiger partial charge in [-0.15, -0.1) is 0 Å². The Labute approximate surface area is 165 Å². The first kappa shape index (κ1) is 19.2. The van der Waals surface area contributed by atoms with E-state index in [0.29, 0.717) is 11.4 Å². The summed E-state index contributed by atoms with van der Waals surface area (Å²) >= 11 is 0. The molecule has 0 fully saturated rings. The SMILES string of the molecule is COc1ccc(C(=O)C=C(Nc2ccc(C)cc2)Nc2ccc(C)cc2)cc1. The lowest BCUT2D eigenvalue weighted by Crippen LogP contribution is -2.12. The molecule has 0 aliphatic heterocycles. The summed E-state index contributed by atoms with van der Waals surface area (Å²) in [4.78, 5) is 12.7. The number of carbonyl (C=O) groups excluding carboxylic acids is 1. The van der Waals surface area contributed by atoms with Gasteiger partial charge in [-0.1, -0.05) is 35.4 Å². The Bertz CT molecular complexity index is 907. The van der Waals surface area contributed by atoms with Crippen molar-refractivity contribution in [2.75, 3.05) is 17.7 Å². The average Bonchev–Trinajstić information content (AvgIpc) is 2.71. The van der Waals surface area contributed by atoms with E-state index >= 15 is 0 Å². The number of carbonyl (C=O) groups is 1. The van der Waals surface area contributed by atoms with Crippen molar-refractivity contribution in [1.29, 1.82) is 0 Å². The smallest absolute Gasteiger partial charge is 0.189 e.